The van der Waals surface area contributed by atoms with Crippen molar-refractivity contribution in [1.29, 1.82) is 0 Å². The first-order valence-corrected chi connectivity index (χ1v) is 3.10. The lowest BCUT2D eigenvalue weighted by Gasteiger charge is -2.00. The highest BCUT2D eigenvalue weighted by atomic mass is 16.5. The third-order valence-electron chi connectivity index (χ3n) is 1.04. The second kappa shape index (κ2) is 3.61. The molecule has 0 fully saturated rings. The highest BCUT2D eigenvalue weighted by Gasteiger charge is 1.96. The first-order valence-electron chi connectivity index (χ1n) is 3.10. The van der Waals surface area contributed by atoms with Gasteiger partial charge in [0.05, 0.1) is 0 Å². The number of ether oxygens (including phenoxy) is 1. The van der Waals surface area contributed by atoms with Crippen LogP contribution in [0.3, 0.4) is 0 Å². The second-order valence-electron chi connectivity index (χ2n) is 1.92. The molecule has 3 nitrogen and oxygen atoms in total. The molecule has 0 aliphatic carbocycles. The van der Waals surface area contributed by atoms with Crippen LogP contribution in [0.5, 0.6) is 5.75 Å². The Kier molecular flexibility index (Phi) is 2.49. The molecule has 1 aromatic rings. The topological polar surface area (TPSA) is 46.5 Å². The predicted molar refractivity (Wildman–Crippen MR) is 38.4 cm³/mol. The average molecular weight is 151 g/mol. The van der Waals surface area contributed by atoms with Gasteiger partial charge in [0.25, 0.3) is 0 Å². The van der Waals surface area contributed by atoms with Gasteiger partial charge in [-0.1, -0.05) is 12.1 Å². The van der Waals surface area contributed by atoms with E-state index in [2.05, 4.69) is 6.07 Å². The maximum atomic E-state index is 10.0. The Balaban J connectivity index is 2.45. The fraction of sp³-hybridized carbons (Fsp3) is 0.125. The third kappa shape index (κ3) is 2.71. The molecule has 0 aliphatic rings. The molecule has 0 atom stereocenters. The third-order valence-corrected chi connectivity index (χ3v) is 1.04. The van der Waals surface area contributed by atoms with Crippen molar-refractivity contribution in [1.82, 2.24) is 0 Å². The molecule has 0 heterocycles. The van der Waals surface area contributed by atoms with Crippen LogP contribution in [0.15, 0.2) is 24.3 Å². The van der Waals surface area contributed by atoms with Crippen molar-refractivity contribution in [2.24, 2.45) is 0 Å². The lowest BCUT2D eigenvalue weighted by molar-refractivity contribution is -0.139. The molecule has 3 heteroatoms. The lowest BCUT2D eigenvalue weighted by atomic mass is 10.3. The van der Waals surface area contributed by atoms with Gasteiger partial charge in [0, 0.05) is 0 Å². The standard InChI is InChI=1S/C8H7O3/c9-8(10)6-11-7-4-2-1-3-5-7/h1-2,4-5H,6H2,(H,9,10). The molecule has 0 bridgehead atoms. The summed E-state index contributed by atoms with van der Waals surface area (Å²) in [6, 6.07) is 9.48. The van der Waals surface area contributed by atoms with E-state index in [1.165, 1.54) is 0 Å². The Bertz CT molecular complexity index is 230. The zero-order valence-corrected chi connectivity index (χ0v) is 5.78. The van der Waals surface area contributed by atoms with Gasteiger partial charge in [-0.15, -0.1) is 0 Å². The molecule has 11 heavy (non-hydrogen) atoms. The van der Waals surface area contributed by atoms with Crippen LogP contribution < -0.4 is 4.74 Å². The van der Waals surface area contributed by atoms with Crippen LogP contribution in [-0.4, -0.2) is 17.7 Å². The molecule has 0 aliphatic heterocycles. The van der Waals surface area contributed by atoms with Crippen molar-refractivity contribution in [2.75, 3.05) is 6.61 Å². The van der Waals surface area contributed by atoms with E-state index < -0.39 is 5.97 Å². The number of carbonyl (C=O) groups is 1. The fourth-order valence-electron chi connectivity index (χ4n) is 0.612. The van der Waals surface area contributed by atoms with E-state index in [4.69, 9.17) is 9.84 Å². The normalized spacial score (nSPS) is 9.09. The molecule has 1 radical (unpaired) electrons. The van der Waals surface area contributed by atoms with Crippen molar-refractivity contribution >= 4 is 5.97 Å². The van der Waals surface area contributed by atoms with Crippen LogP contribution in [0, 0.1) is 6.07 Å². The number of rotatable bonds is 3. The van der Waals surface area contributed by atoms with Gasteiger partial charge in [-0.2, -0.15) is 0 Å². The molecular formula is C8H7O3. The van der Waals surface area contributed by atoms with Crippen molar-refractivity contribution in [3.63, 3.8) is 0 Å². The number of aliphatic carboxylic acids is 1. The Hall–Kier alpha value is -1.51. The van der Waals surface area contributed by atoms with Gasteiger partial charge in [-0.05, 0) is 18.2 Å². The van der Waals surface area contributed by atoms with Crippen molar-refractivity contribution < 1.29 is 14.6 Å². The first kappa shape index (κ1) is 7.60. The fourth-order valence-corrected chi connectivity index (χ4v) is 0.612. The van der Waals surface area contributed by atoms with E-state index in [0.29, 0.717) is 5.75 Å². The minimum absolute atomic E-state index is 0.308. The number of hydrogen-bond acceptors (Lipinski definition) is 2. The number of benzene rings is 1. The van der Waals surface area contributed by atoms with Gasteiger partial charge >= 0.3 is 5.97 Å². The molecule has 1 N–H and O–H groups in total. The minimum Gasteiger partial charge on any atom is -0.482 e. The van der Waals surface area contributed by atoms with Gasteiger partial charge in [0.15, 0.2) is 6.61 Å². The van der Waals surface area contributed by atoms with Crippen LogP contribution >= 0.6 is 0 Å². The largest absolute Gasteiger partial charge is 0.482 e. The van der Waals surface area contributed by atoms with Crippen molar-refractivity contribution in [3.05, 3.63) is 30.3 Å². The van der Waals surface area contributed by atoms with Crippen LogP contribution in [0.4, 0.5) is 0 Å². The van der Waals surface area contributed by atoms with Gasteiger partial charge in [-0.25, -0.2) is 4.79 Å². The van der Waals surface area contributed by atoms with E-state index in [9.17, 15) is 4.79 Å². The summed E-state index contributed by atoms with van der Waals surface area (Å²) < 4.78 is 4.84. The summed E-state index contributed by atoms with van der Waals surface area (Å²) in [5.41, 5.74) is 0. The van der Waals surface area contributed by atoms with Crippen LogP contribution in [-0.2, 0) is 4.79 Å². The first-order chi connectivity index (χ1) is 5.29. The Labute approximate surface area is 64.2 Å². The Morgan fingerprint density at radius 2 is 2.55 bits per heavy atom. The molecule has 0 spiro atoms. The number of carboxylic acids is 1. The molecule has 0 aromatic heterocycles. The van der Waals surface area contributed by atoms with Crippen molar-refractivity contribution in [3.8, 4) is 5.75 Å². The SMILES string of the molecule is O=C(O)COc1c[c]ccc1. The highest BCUT2D eigenvalue weighted by Crippen LogP contribution is 2.06. The highest BCUT2D eigenvalue weighted by molar-refractivity contribution is 5.68. The summed E-state index contributed by atoms with van der Waals surface area (Å²) in [7, 11) is 0. The Morgan fingerprint density at radius 1 is 1.73 bits per heavy atom. The summed E-state index contributed by atoms with van der Waals surface area (Å²) in [4.78, 5) is 10.0. The number of hydrogen-bond donors (Lipinski definition) is 1. The van der Waals surface area contributed by atoms with Gasteiger partial charge < -0.3 is 9.84 Å². The van der Waals surface area contributed by atoms with Gasteiger partial charge in [0.2, 0.25) is 0 Å². The quantitative estimate of drug-likeness (QED) is 0.699. The summed E-state index contributed by atoms with van der Waals surface area (Å²) in [6.07, 6.45) is 0. The zero-order valence-electron chi connectivity index (χ0n) is 5.78. The van der Waals surface area contributed by atoms with Crippen molar-refractivity contribution in [2.45, 2.75) is 0 Å². The van der Waals surface area contributed by atoms with E-state index in [0.717, 1.165) is 0 Å². The average Bonchev–Trinajstić information content (AvgIpc) is 2.03. The summed E-state index contributed by atoms with van der Waals surface area (Å²) >= 11 is 0. The van der Waals surface area contributed by atoms with Crippen LogP contribution in [0.2, 0.25) is 0 Å². The van der Waals surface area contributed by atoms with E-state index in [-0.39, 0.29) is 6.61 Å². The molecule has 57 valence electrons. The molecule has 1 aromatic carbocycles. The monoisotopic (exact) mass is 151 g/mol. The molecule has 0 saturated heterocycles. The number of carboxylic acid groups (broad SMARTS) is 1. The second-order valence-corrected chi connectivity index (χ2v) is 1.92. The molecule has 1 rings (SSSR count). The maximum Gasteiger partial charge on any atom is 0.341 e. The molecule has 0 amide bonds. The molecule has 0 saturated carbocycles. The van der Waals surface area contributed by atoms with E-state index in [1.54, 1.807) is 24.3 Å². The Morgan fingerprint density at radius 3 is 3.09 bits per heavy atom. The van der Waals surface area contributed by atoms with E-state index >= 15 is 0 Å². The van der Waals surface area contributed by atoms with Gasteiger partial charge in [-0.3, -0.25) is 0 Å². The molecule has 0 unspecified atom stereocenters. The van der Waals surface area contributed by atoms with Crippen LogP contribution in [0.25, 0.3) is 0 Å². The summed E-state index contributed by atoms with van der Waals surface area (Å²) in [5.74, 6) is -0.455. The zero-order chi connectivity index (χ0) is 8.10. The van der Waals surface area contributed by atoms with E-state index in [1.807, 2.05) is 0 Å². The molecular weight excluding hydrogens is 144 g/mol. The smallest absolute Gasteiger partial charge is 0.341 e. The van der Waals surface area contributed by atoms with Crippen LogP contribution in [0.1, 0.15) is 0 Å². The predicted octanol–water partition coefficient (Wildman–Crippen LogP) is 0.950. The minimum atomic E-state index is -0.978. The summed E-state index contributed by atoms with van der Waals surface area (Å²) in [5, 5.41) is 8.24. The maximum absolute atomic E-state index is 10.0. The lowest BCUT2D eigenvalue weighted by Crippen LogP contribution is -2.09. The van der Waals surface area contributed by atoms with Gasteiger partial charge in [0.1, 0.15) is 5.75 Å². The summed E-state index contributed by atoms with van der Waals surface area (Å²) in [6.45, 7) is -0.308.